The van der Waals surface area contributed by atoms with Crippen LogP contribution < -0.4 is 10.1 Å². The first-order chi connectivity index (χ1) is 8.12. The number of halogens is 1. The standard InChI is InChI=1S/C12H18ClNO3/c1-8-3-12(17-2)11(13)4-9(8)5-14-10(6-15)7-16/h3-4,10,14-16H,5-7H2,1-2H3. The van der Waals surface area contributed by atoms with Crippen LogP contribution in [0, 0.1) is 6.92 Å². The lowest BCUT2D eigenvalue weighted by Gasteiger charge is -2.15. The van der Waals surface area contributed by atoms with Crippen LogP contribution in [0.2, 0.25) is 5.02 Å². The van der Waals surface area contributed by atoms with Gasteiger partial charge >= 0.3 is 0 Å². The van der Waals surface area contributed by atoms with Gasteiger partial charge in [-0.3, -0.25) is 0 Å². The lowest BCUT2D eigenvalue weighted by molar-refractivity contribution is 0.170. The van der Waals surface area contributed by atoms with E-state index in [1.807, 2.05) is 19.1 Å². The smallest absolute Gasteiger partial charge is 0.137 e. The van der Waals surface area contributed by atoms with Crippen LogP contribution in [0.4, 0.5) is 0 Å². The minimum atomic E-state index is -0.310. The summed E-state index contributed by atoms with van der Waals surface area (Å²) in [6.45, 7) is 2.31. The lowest BCUT2D eigenvalue weighted by Crippen LogP contribution is -2.35. The second kappa shape index (κ2) is 6.81. The summed E-state index contributed by atoms with van der Waals surface area (Å²) < 4.78 is 5.12. The minimum Gasteiger partial charge on any atom is -0.495 e. The molecule has 0 atom stereocenters. The Labute approximate surface area is 106 Å². The molecule has 0 spiro atoms. The van der Waals surface area contributed by atoms with Crippen LogP contribution in [0.5, 0.6) is 5.75 Å². The molecule has 0 radical (unpaired) electrons. The third kappa shape index (κ3) is 3.85. The van der Waals surface area contributed by atoms with Crippen LogP contribution in [-0.2, 0) is 6.54 Å². The fourth-order valence-corrected chi connectivity index (χ4v) is 1.75. The van der Waals surface area contributed by atoms with Gasteiger partial charge in [0.1, 0.15) is 5.75 Å². The van der Waals surface area contributed by atoms with Gasteiger partial charge in [-0.1, -0.05) is 11.6 Å². The molecular formula is C12H18ClNO3. The summed E-state index contributed by atoms with van der Waals surface area (Å²) in [6.07, 6.45) is 0. The Balaban J connectivity index is 2.75. The molecule has 3 N–H and O–H groups in total. The number of hydrogen-bond acceptors (Lipinski definition) is 4. The van der Waals surface area contributed by atoms with Crippen molar-refractivity contribution in [3.05, 3.63) is 28.3 Å². The second-order valence-corrected chi connectivity index (χ2v) is 4.26. The predicted octanol–water partition coefficient (Wildman–Crippen LogP) is 1.10. The zero-order chi connectivity index (χ0) is 12.8. The van der Waals surface area contributed by atoms with Crippen molar-refractivity contribution in [3.8, 4) is 5.75 Å². The molecule has 0 saturated heterocycles. The number of rotatable bonds is 6. The van der Waals surface area contributed by atoms with Crippen molar-refractivity contribution in [2.45, 2.75) is 19.5 Å². The van der Waals surface area contributed by atoms with E-state index in [0.717, 1.165) is 11.1 Å². The Bertz CT molecular complexity index is 367. The van der Waals surface area contributed by atoms with E-state index in [9.17, 15) is 0 Å². The fourth-order valence-electron chi connectivity index (χ4n) is 1.48. The van der Waals surface area contributed by atoms with Gasteiger partial charge < -0.3 is 20.3 Å². The summed E-state index contributed by atoms with van der Waals surface area (Å²) in [4.78, 5) is 0. The highest BCUT2D eigenvalue weighted by Gasteiger charge is 2.09. The van der Waals surface area contributed by atoms with Crippen LogP contribution >= 0.6 is 11.6 Å². The Kier molecular flexibility index (Phi) is 5.71. The molecule has 17 heavy (non-hydrogen) atoms. The molecule has 0 amide bonds. The van der Waals surface area contributed by atoms with E-state index < -0.39 is 0 Å². The van der Waals surface area contributed by atoms with E-state index >= 15 is 0 Å². The molecule has 1 aromatic carbocycles. The van der Waals surface area contributed by atoms with Crippen LogP contribution in [0.25, 0.3) is 0 Å². The van der Waals surface area contributed by atoms with Crippen molar-refractivity contribution in [1.29, 1.82) is 0 Å². The van der Waals surface area contributed by atoms with Gasteiger partial charge in [-0.05, 0) is 30.2 Å². The van der Waals surface area contributed by atoms with E-state index in [-0.39, 0.29) is 19.3 Å². The van der Waals surface area contributed by atoms with E-state index in [4.69, 9.17) is 26.6 Å². The lowest BCUT2D eigenvalue weighted by atomic mass is 10.1. The molecule has 0 aliphatic carbocycles. The maximum absolute atomic E-state index is 8.94. The highest BCUT2D eigenvalue weighted by atomic mass is 35.5. The number of methoxy groups -OCH3 is 1. The van der Waals surface area contributed by atoms with Gasteiger partial charge in [0.15, 0.2) is 0 Å². The fraction of sp³-hybridized carbons (Fsp3) is 0.500. The highest BCUT2D eigenvalue weighted by molar-refractivity contribution is 6.32. The molecule has 1 rings (SSSR count). The number of nitrogens with one attached hydrogen (secondary N) is 1. The summed E-state index contributed by atoms with van der Waals surface area (Å²) in [6, 6.07) is 3.39. The third-order valence-corrected chi connectivity index (χ3v) is 2.93. The summed E-state index contributed by atoms with van der Waals surface area (Å²) in [5.74, 6) is 0.647. The molecule has 5 heteroatoms. The normalized spacial score (nSPS) is 10.9. The van der Waals surface area contributed by atoms with Crippen molar-refractivity contribution in [2.75, 3.05) is 20.3 Å². The third-order valence-electron chi connectivity index (χ3n) is 2.63. The molecule has 0 unspecified atom stereocenters. The molecular weight excluding hydrogens is 242 g/mol. The summed E-state index contributed by atoms with van der Waals surface area (Å²) in [5.41, 5.74) is 2.07. The molecule has 0 fully saturated rings. The largest absolute Gasteiger partial charge is 0.495 e. The Morgan fingerprint density at radius 1 is 1.35 bits per heavy atom. The van der Waals surface area contributed by atoms with Gasteiger partial charge in [-0.15, -0.1) is 0 Å². The molecule has 0 aliphatic rings. The average Bonchev–Trinajstić information content (AvgIpc) is 2.34. The Morgan fingerprint density at radius 2 is 2.00 bits per heavy atom. The maximum atomic E-state index is 8.94. The number of benzene rings is 1. The van der Waals surface area contributed by atoms with Crippen LogP contribution in [-0.4, -0.2) is 36.6 Å². The van der Waals surface area contributed by atoms with Gasteiger partial charge in [0.25, 0.3) is 0 Å². The molecule has 0 bridgehead atoms. The minimum absolute atomic E-state index is 0.0978. The topological polar surface area (TPSA) is 61.7 Å². The van der Waals surface area contributed by atoms with Crippen molar-refractivity contribution in [3.63, 3.8) is 0 Å². The van der Waals surface area contributed by atoms with E-state index in [2.05, 4.69) is 5.32 Å². The van der Waals surface area contributed by atoms with Crippen LogP contribution in [0.15, 0.2) is 12.1 Å². The van der Waals surface area contributed by atoms with Gasteiger partial charge in [0, 0.05) is 6.54 Å². The Morgan fingerprint density at radius 3 is 2.53 bits per heavy atom. The molecule has 0 heterocycles. The highest BCUT2D eigenvalue weighted by Crippen LogP contribution is 2.27. The zero-order valence-corrected chi connectivity index (χ0v) is 10.8. The quantitative estimate of drug-likeness (QED) is 0.716. The molecule has 96 valence electrons. The molecule has 0 aliphatic heterocycles. The van der Waals surface area contributed by atoms with Gasteiger partial charge in [0.05, 0.1) is 31.4 Å². The van der Waals surface area contributed by atoms with Crippen molar-refractivity contribution >= 4 is 11.6 Å². The number of hydrogen-bond donors (Lipinski definition) is 3. The number of ether oxygens (including phenoxy) is 1. The summed E-state index contributed by atoms with van der Waals surface area (Å²) >= 11 is 6.03. The first-order valence-electron chi connectivity index (χ1n) is 5.40. The molecule has 0 saturated carbocycles. The first-order valence-corrected chi connectivity index (χ1v) is 5.78. The predicted molar refractivity (Wildman–Crippen MR) is 67.5 cm³/mol. The van der Waals surface area contributed by atoms with E-state index in [0.29, 0.717) is 17.3 Å². The first kappa shape index (κ1) is 14.3. The van der Waals surface area contributed by atoms with Crippen molar-refractivity contribution in [2.24, 2.45) is 0 Å². The number of aliphatic hydroxyl groups excluding tert-OH is 2. The molecule has 4 nitrogen and oxygen atoms in total. The Hall–Kier alpha value is -0.810. The summed E-state index contributed by atoms with van der Waals surface area (Å²) in [5, 5.41) is 21.5. The van der Waals surface area contributed by atoms with Crippen LogP contribution in [0.1, 0.15) is 11.1 Å². The van der Waals surface area contributed by atoms with Crippen molar-refractivity contribution < 1.29 is 14.9 Å². The summed E-state index contributed by atoms with van der Waals surface area (Å²) in [7, 11) is 1.58. The monoisotopic (exact) mass is 259 g/mol. The molecule has 1 aromatic rings. The van der Waals surface area contributed by atoms with Gasteiger partial charge in [-0.25, -0.2) is 0 Å². The zero-order valence-electron chi connectivity index (χ0n) is 10.0. The van der Waals surface area contributed by atoms with Gasteiger partial charge in [-0.2, -0.15) is 0 Å². The SMILES string of the molecule is COc1cc(C)c(CNC(CO)CO)cc1Cl. The van der Waals surface area contributed by atoms with Crippen molar-refractivity contribution in [1.82, 2.24) is 5.32 Å². The number of aliphatic hydroxyl groups is 2. The van der Waals surface area contributed by atoms with Crippen LogP contribution in [0.3, 0.4) is 0 Å². The van der Waals surface area contributed by atoms with E-state index in [1.54, 1.807) is 7.11 Å². The average molecular weight is 260 g/mol. The van der Waals surface area contributed by atoms with Gasteiger partial charge in [0.2, 0.25) is 0 Å². The second-order valence-electron chi connectivity index (χ2n) is 3.86. The molecule has 0 aromatic heterocycles. The number of aryl methyl sites for hydroxylation is 1. The maximum Gasteiger partial charge on any atom is 0.137 e. The van der Waals surface area contributed by atoms with E-state index in [1.165, 1.54) is 0 Å².